The predicted octanol–water partition coefficient (Wildman–Crippen LogP) is 15.3. The van der Waals surface area contributed by atoms with Gasteiger partial charge in [-0.05, 0) is 281 Å². The molecule has 11 aliphatic rings. The molecule has 87 heavy (non-hydrogen) atoms. The SMILES string of the molecule is CC(=O)N1CC2CC(C1)CN(C(C)(C)C)C2.CC(C)(C)N1C(=O)CCc2ccccc21.CC(C)(C)N1CCC2(CC[N-]C2)CC1.CC(C)(C)N1CCC2CCCCC2C1.CC(C)(C)N1CCCC2CCCCC21.CC(C)(C)N1CCN2CCCC2C1.[Re]. The van der Waals surface area contributed by atoms with Crippen LogP contribution in [0.1, 0.15) is 253 Å². The number of amides is 2. The average Bonchev–Trinajstić information content (AvgIpc) is 2.98. The maximum Gasteiger partial charge on any atom is 0.227 e. The molecule has 12 rings (SSSR count). The number of fused-ring (bicyclic) bond motifs is 6. The summed E-state index contributed by atoms with van der Waals surface area (Å²) in [5, 5.41) is 4.53. The largest absolute Gasteiger partial charge is 0.662 e. The van der Waals surface area contributed by atoms with E-state index in [1.807, 2.05) is 28.0 Å². The minimum absolute atomic E-state index is 0. The first kappa shape index (κ1) is 74.6. The molecule has 7 atom stereocenters. The fraction of sp³-hybridized carbons (Fsp3) is 0.893. The van der Waals surface area contributed by atoms with Crippen molar-refractivity contribution >= 4 is 17.5 Å². The van der Waals surface area contributed by atoms with Gasteiger partial charge in [0.25, 0.3) is 0 Å². The monoisotopic (exact) mass is 1380 g/mol. The van der Waals surface area contributed by atoms with Crippen molar-refractivity contribution in [3.63, 3.8) is 0 Å². The Bertz CT molecular complexity index is 2210. The summed E-state index contributed by atoms with van der Waals surface area (Å²) in [4.78, 5) is 43.3. The maximum absolute atomic E-state index is 11.9. The van der Waals surface area contributed by atoms with E-state index in [2.05, 4.69) is 165 Å². The molecule has 1 aromatic carbocycles. The molecule has 9 aliphatic heterocycles. The Balaban J connectivity index is 0.000000167. The van der Waals surface area contributed by atoms with E-state index >= 15 is 0 Å². The molecule has 2 amide bonds. The minimum atomic E-state index is -0.131. The Labute approximate surface area is 550 Å². The number of benzene rings is 1. The van der Waals surface area contributed by atoms with Gasteiger partial charge in [0, 0.05) is 137 Å². The summed E-state index contributed by atoms with van der Waals surface area (Å²) in [6, 6.07) is 9.97. The van der Waals surface area contributed by atoms with E-state index in [9.17, 15) is 9.59 Å². The molecule has 2 aliphatic carbocycles. The van der Waals surface area contributed by atoms with Crippen LogP contribution < -0.4 is 4.90 Å². The van der Waals surface area contributed by atoms with Crippen molar-refractivity contribution in [1.29, 1.82) is 0 Å². The van der Waals surface area contributed by atoms with Gasteiger partial charge in [-0.2, -0.15) is 0 Å². The molecule has 10 fully saturated rings. The number of hydrogen-bond acceptors (Lipinski definition) is 8. The van der Waals surface area contributed by atoms with Crippen LogP contribution in [-0.2, 0) is 36.4 Å². The number of carbonyl (C=O) groups excluding carboxylic acids is 2. The number of aryl methyl sites for hydroxylation is 1. The summed E-state index contributed by atoms with van der Waals surface area (Å²) in [6.45, 7) is 61.3. The first-order valence-electron chi connectivity index (χ1n) is 35.9. The van der Waals surface area contributed by atoms with Crippen molar-refractivity contribution in [2.45, 2.75) is 299 Å². The van der Waals surface area contributed by atoms with Crippen molar-refractivity contribution < 1.29 is 30.0 Å². The zero-order chi connectivity index (χ0) is 63.0. The molecule has 1 aromatic rings. The summed E-state index contributed by atoms with van der Waals surface area (Å²) >= 11 is 0. The van der Waals surface area contributed by atoms with E-state index in [4.69, 9.17) is 0 Å². The molecule has 9 heterocycles. The minimum Gasteiger partial charge on any atom is -0.662 e. The van der Waals surface area contributed by atoms with Crippen LogP contribution in [-0.4, -0.2) is 190 Å². The molecule has 2 bridgehead atoms. The van der Waals surface area contributed by atoms with Gasteiger partial charge < -0.3 is 15.1 Å². The molecule has 11 nitrogen and oxygen atoms in total. The van der Waals surface area contributed by atoms with Crippen molar-refractivity contribution in [3.05, 3.63) is 35.1 Å². The Kier molecular flexibility index (Phi) is 27.1. The van der Waals surface area contributed by atoms with E-state index in [0.717, 1.165) is 81.2 Å². The van der Waals surface area contributed by atoms with E-state index in [0.29, 0.717) is 45.8 Å². The molecule has 0 N–H and O–H groups in total. The Morgan fingerprint density at radius 1 is 0.494 bits per heavy atom. The third-order valence-corrected chi connectivity index (χ3v) is 22.6. The first-order chi connectivity index (χ1) is 40.1. The van der Waals surface area contributed by atoms with Gasteiger partial charge in [0.05, 0.1) is 0 Å². The van der Waals surface area contributed by atoms with Crippen LogP contribution in [0, 0.1) is 35.0 Å². The van der Waals surface area contributed by atoms with Gasteiger partial charge in [-0.25, -0.2) is 0 Å². The van der Waals surface area contributed by atoms with Crippen molar-refractivity contribution in [2.24, 2.45) is 35.0 Å². The molecular weight excluding hydrogens is 1250 g/mol. The second-order valence-corrected chi connectivity index (χ2v) is 35.3. The maximum atomic E-state index is 11.9. The first-order valence-corrected chi connectivity index (χ1v) is 35.9. The number of anilines is 1. The fourth-order valence-corrected chi connectivity index (χ4v) is 17.3. The van der Waals surface area contributed by atoms with E-state index < -0.39 is 0 Å². The molecule has 8 saturated heterocycles. The summed E-state index contributed by atoms with van der Waals surface area (Å²) in [5.41, 5.74) is 4.63. The van der Waals surface area contributed by atoms with E-state index in [-0.39, 0.29) is 43.3 Å². The van der Waals surface area contributed by atoms with Crippen LogP contribution in [0.15, 0.2) is 24.3 Å². The van der Waals surface area contributed by atoms with Crippen LogP contribution in [0.3, 0.4) is 0 Å². The normalized spacial score (nSPS) is 29.4. The number of hydrogen-bond donors (Lipinski definition) is 0. The summed E-state index contributed by atoms with van der Waals surface area (Å²) in [6.07, 6.45) is 26.0. The van der Waals surface area contributed by atoms with Crippen LogP contribution >= 0.6 is 0 Å². The molecule has 1 radical (unpaired) electrons. The standard InChI is InChI=1S/C13H24N2O.C13H17NO.2C13H25N.C12H23N2.C11H22N2.Re/c1-10(16)14-6-11-5-12(7-14)9-15(8-11)13(2,3)4;1-13(2,3)14-11-7-5-4-6-10(11)8-9-12(14)15;1-13(2,3)14-10-6-8-11-7-4-5-9-12(11)14;1-13(2,3)14-9-8-11-6-4-5-7-12(11)10-14;1-11(2,3)14-8-5-12(6-9-14)4-7-13-10-12;1-11(2,3)13-8-7-12-6-4-5-10(12)9-13;/h11-12H,5-9H2,1-4H3;4-7H,8-9H2,1-3H3;2*11-12H,4-10H2,1-3H3;4-10H2,1-3H3;10H,4-9H2,1-3H3;/q;;;;-1;;. The van der Waals surface area contributed by atoms with Gasteiger partial charge in [-0.1, -0.05) is 56.7 Å². The van der Waals surface area contributed by atoms with Crippen LogP contribution in [0.5, 0.6) is 0 Å². The number of carbonyl (C=O) groups is 2. The van der Waals surface area contributed by atoms with Crippen LogP contribution in [0.25, 0.3) is 5.32 Å². The number of piperazine rings is 1. The topological polar surface area (TPSA) is 74.2 Å². The molecule has 12 heteroatoms. The smallest absolute Gasteiger partial charge is 0.227 e. The Morgan fingerprint density at radius 3 is 1.61 bits per heavy atom. The number of likely N-dealkylation sites (tertiary alicyclic amines) is 5. The van der Waals surface area contributed by atoms with Crippen molar-refractivity contribution in [3.8, 4) is 0 Å². The molecule has 1 spiro atoms. The third-order valence-electron chi connectivity index (χ3n) is 22.6. The van der Waals surface area contributed by atoms with Gasteiger partial charge in [0.2, 0.25) is 11.8 Å². The van der Waals surface area contributed by atoms with E-state index in [1.165, 1.54) is 174 Å². The number of piperidine rings is 5. The summed E-state index contributed by atoms with van der Waals surface area (Å²) in [7, 11) is 0. The predicted molar refractivity (Wildman–Crippen MR) is 367 cm³/mol. The Morgan fingerprint density at radius 2 is 1.05 bits per heavy atom. The zero-order valence-electron chi connectivity index (χ0n) is 60.1. The molecule has 2 saturated carbocycles. The summed E-state index contributed by atoms with van der Waals surface area (Å²) < 4.78 is 0. The number of nitrogens with zero attached hydrogens (tertiary/aromatic N) is 9. The molecular formula is C75H136N9O2Re-. The average molecular weight is 1380 g/mol. The number of rotatable bonds is 0. The fourth-order valence-electron chi connectivity index (χ4n) is 17.3. The Hall–Kier alpha value is -1.46. The second kappa shape index (κ2) is 31.6. The quantitative estimate of drug-likeness (QED) is 0.254. The van der Waals surface area contributed by atoms with Crippen molar-refractivity contribution in [2.75, 3.05) is 103 Å². The van der Waals surface area contributed by atoms with Gasteiger partial charge in [-0.3, -0.25) is 39.0 Å². The molecule has 501 valence electrons. The summed E-state index contributed by atoms with van der Waals surface area (Å²) in [5.74, 6) is 4.99. The molecule has 0 aromatic heterocycles. The van der Waals surface area contributed by atoms with Gasteiger partial charge >= 0.3 is 0 Å². The van der Waals surface area contributed by atoms with Gasteiger partial charge in [-0.15, -0.1) is 13.1 Å². The number of para-hydroxylation sites is 1. The van der Waals surface area contributed by atoms with Crippen molar-refractivity contribution in [1.82, 2.24) is 34.3 Å². The van der Waals surface area contributed by atoms with Gasteiger partial charge in [0.1, 0.15) is 0 Å². The molecule has 7 unspecified atom stereocenters. The van der Waals surface area contributed by atoms with E-state index in [1.54, 1.807) is 6.92 Å². The zero-order valence-corrected chi connectivity index (χ0v) is 62.8. The van der Waals surface area contributed by atoms with Crippen LogP contribution in [0.2, 0.25) is 0 Å². The second-order valence-electron chi connectivity index (χ2n) is 35.3. The van der Waals surface area contributed by atoms with Gasteiger partial charge in [0.15, 0.2) is 0 Å². The third kappa shape index (κ3) is 21.5. The van der Waals surface area contributed by atoms with Crippen LogP contribution in [0.4, 0.5) is 5.69 Å².